The average molecular weight is 222 g/mol. The van der Waals surface area contributed by atoms with E-state index in [1.54, 1.807) is 0 Å². The van der Waals surface area contributed by atoms with Gasteiger partial charge in [-0.3, -0.25) is 4.40 Å². The fourth-order valence-corrected chi connectivity index (χ4v) is 1.30. The lowest BCUT2D eigenvalue weighted by Gasteiger charge is -2.07. The molecule has 0 atom stereocenters. The maximum Gasteiger partial charge on any atom is 0.417 e. The Morgan fingerprint density at radius 1 is 1.36 bits per heavy atom. The molecule has 0 saturated carbocycles. The summed E-state index contributed by atoms with van der Waals surface area (Å²) < 4.78 is 38.0. The highest BCUT2D eigenvalue weighted by molar-refractivity contribution is 6.33. The zero-order valence-electron chi connectivity index (χ0n) is 6.59. The molecule has 0 aliphatic rings. The number of pyridine rings is 1. The highest BCUT2D eigenvalue weighted by Crippen LogP contribution is 2.31. The van der Waals surface area contributed by atoms with Crippen LogP contribution < -0.4 is 0 Å². The molecule has 2 heterocycles. The minimum Gasteiger partial charge on any atom is -0.287 e. The minimum atomic E-state index is -4.41. The Kier molecular flexibility index (Phi) is 1.88. The topological polar surface area (TPSA) is 30.2 Å². The van der Waals surface area contributed by atoms with Crippen LogP contribution in [0.15, 0.2) is 18.6 Å². The van der Waals surface area contributed by atoms with Gasteiger partial charge in [0, 0.05) is 6.20 Å². The summed E-state index contributed by atoms with van der Waals surface area (Å²) in [6.07, 6.45) is -2.36. The predicted molar refractivity (Wildman–Crippen MR) is 43.0 cm³/mol. The molecule has 2 rings (SSSR count). The number of halogens is 4. The monoisotopic (exact) mass is 221 g/mol. The standard InChI is InChI=1S/C7H3ClF3N3/c8-5-1-4(7(9,10)11)2-14-3-12-13-6(5)14/h1-3H. The summed E-state index contributed by atoms with van der Waals surface area (Å²) in [6.45, 7) is 0. The van der Waals surface area contributed by atoms with Crippen molar-refractivity contribution >= 4 is 17.2 Å². The van der Waals surface area contributed by atoms with Crippen LogP contribution in [0.2, 0.25) is 5.02 Å². The van der Waals surface area contributed by atoms with Gasteiger partial charge in [0.05, 0.1) is 10.6 Å². The van der Waals surface area contributed by atoms with Crippen molar-refractivity contribution in [2.24, 2.45) is 0 Å². The first kappa shape index (κ1) is 9.26. The van der Waals surface area contributed by atoms with Gasteiger partial charge in [-0.1, -0.05) is 11.6 Å². The van der Waals surface area contributed by atoms with Gasteiger partial charge < -0.3 is 0 Å². The second kappa shape index (κ2) is 2.84. The smallest absolute Gasteiger partial charge is 0.287 e. The summed E-state index contributed by atoms with van der Waals surface area (Å²) in [6, 6.07) is 0.825. The summed E-state index contributed by atoms with van der Waals surface area (Å²) in [5.41, 5.74) is -0.616. The SMILES string of the molecule is FC(F)(F)c1cc(Cl)c2nncn2c1. The highest BCUT2D eigenvalue weighted by Gasteiger charge is 2.31. The number of hydrogen-bond donors (Lipinski definition) is 0. The van der Waals surface area contributed by atoms with Gasteiger partial charge in [-0.05, 0) is 6.07 Å². The van der Waals surface area contributed by atoms with Crippen LogP contribution in [0.3, 0.4) is 0 Å². The molecule has 0 N–H and O–H groups in total. The largest absolute Gasteiger partial charge is 0.417 e. The molecule has 0 amide bonds. The summed E-state index contributed by atoms with van der Waals surface area (Å²) >= 11 is 5.59. The van der Waals surface area contributed by atoms with Gasteiger partial charge in [0.25, 0.3) is 0 Å². The number of fused-ring (bicyclic) bond motifs is 1. The van der Waals surface area contributed by atoms with Crippen molar-refractivity contribution in [2.45, 2.75) is 6.18 Å². The van der Waals surface area contributed by atoms with E-state index in [1.165, 1.54) is 0 Å². The summed E-state index contributed by atoms with van der Waals surface area (Å²) in [5, 5.41) is 6.93. The van der Waals surface area contributed by atoms with E-state index in [1.807, 2.05) is 0 Å². The number of nitrogens with zero attached hydrogens (tertiary/aromatic N) is 3. The molecule has 14 heavy (non-hydrogen) atoms. The molecule has 0 spiro atoms. The van der Waals surface area contributed by atoms with E-state index < -0.39 is 11.7 Å². The fourth-order valence-electron chi connectivity index (χ4n) is 1.05. The van der Waals surface area contributed by atoms with Crippen LogP contribution in [0.25, 0.3) is 5.65 Å². The number of rotatable bonds is 0. The molecule has 0 aromatic carbocycles. The van der Waals surface area contributed by atoms with Crippen molar-refractivity contribution in [1.82, 2.24) is 14.6 Å². The zero-order chi connectivity index (χ0) is 10.3. The van der Waals surface area contributed by atoms with Gasteiger partial charge in [-0.2, -0.15) is 13.2 Å². The Balaban J connectivity index is 2.70. The lowest BCUT2D eigenvalue weighted by molar-refractivity contribution is -0.137. The lowest BCUT2D eigenvalue weighted by Crippen LogP contribution is -2.06. The summed E-state index contributed by atoms with van der Waals surface area (Å²) in [4.78, 5) is 0. The van der Waals surface area contributed by atoms with Crippen molar-refractivity contribution in [2.75, 3.05) is 0 Å². The van der Waals surface area contributed by atoms with E-state index in [2.05, 4.69) is 10.2 Å². The molecule has 0 radical (unpaired) electrons. The maximum atomic E-state index is 12.3. The fraction of sp³-hybridized carbons (Fsp3) is 0.143. The third-order valence-corrected chi connectivity index (χ3v) is 1.95. The third-order valence-electron chi connectivity index (χ3n) is 1.67. The van der Waals surface area contributed by atoms with Crippen LogP contribution in [0.1, 0.15) is 5.56 Å². The van der Waals surface area contributed by atoms with Crippen molar-refractivity contribution < 1.29 is 13.2 Å². The van der Waals surface area contributed by atoms with E-state index in [9.17, 15) is 13.2 Å². The van der Waals surface area contributed by atoms with Gasteiger partial charge in [-0.25, -0.2) is 0 Å². The second-order valence-electron chi connectivity index (χ2n) is 2.64. The third kappa shape index (κ3) is 1.41. The number of hydrogen-bond acceptors (Lipinski definition) is 2. The van der Waals surface area contributed by atoms with Crippen LogP contribution in [0.4, 0.5) is 13.2 Å². The molecule has 0 saturated heterocycles. The molecule has 2 aromatic heterocycles. The first-order valence-corrected chi connectivity index (χ1v) is 3.92. The minimum absolute atomic E-state index is 0.0719. The molecule has 7 heteroatoms. The van der Waals surface area contributed by atoms with E-state index >= 15 is 0 Å². The van der Waals surface area contributed by atoms with Crippen LogP contribution in [-0.2, 0) is 6.18 Å². The first-order chi connectivity index (χ1) is 6.48. The van der Waals surface area contributed by atoms with Gasteiger partial charge in [0.15, 0.2) is 5.65 Å². The lowest BCUT2D eigenvalue weighted by atomic mass is 10.3. The van der Waals surface area contributed by atoms with E-state index in [-0.39, 0.29) is 10.7 Å². The zero-order valence-corrected chi connectivity index (χ0v) is 7.34. The van der Waals surface area contributed by atoms with Crippen LogP contribution >= 0.6 is 11.6 Å². The molecule has 2 aromatic rings. The van der Waals surface area contributed by atoms with E-state index in [0.29, 0.717) is 0 Å². The Morgan fingerprint density at radius 2 is 2.07 bits per heavy atom. The molecular formula is C7H3ClF3N3. The first-order valence-electron chi connectivity index (χ1n) is 3.54. The Bertz CT molecular complexity index is 476. The normalized spacial score (nSPS) is 12.3. The number of alkyl halides is 3. The molecule has 0 bridgehead atoms. The highest BCUT2D eigenvalue weighted by atomic mass is 35.5. The predicted octanol–water partition coefficient (Wildman–Crippen LogP) is 2.40. The number of aromatic nitrogens is 3. The second-order valence-corrected chi connectivity index (χ2v) is 3.04. The molecule has 3 nitrogen and oxygen atoms in total. The van der Waals surface area contributed by atoms with Gasteiger partial charge in [0.2, 0.25) is 0 Å². The van der Waals surface area contributed by atoms with Crippen LogP contribution in [0.5, 0.6) is 0 Å². The maximum absolute atomic E-state index is 12.3. The van der Waals surface area contributed by atoms with Crippen LogP contribution in [0, 0.1) is 0 Å². The summed E-state index contributed by atoms with van der Waals surface area (Å²) in [7, 11) is 0. The van der Waals surface area contributed by atoms with E-state index in [4.69, 9.17) is 11.6 Å². The van der Waals surface area contributed by atoms with Gasteiger partial charge >= 0.3 is 6.18 Å². The van der Waals surface area contributed by atoms with Gasteiger partial charge in [0.1, 0.15) is 6.33 Å². The molecule has 74 valence electrons. The van der Waals surface area contributed by atoms with Crippen molar-refractivity contribution in [3.8, 4) is 0 Å². The Labute approximate surface area is 81.1 Å². The van der Waals surface area contributed by atoms with E-state index in [0.717, 1.165) is 23.0 Å². The van der Waals surface area contributed by atoms with Crippen molar-refractivity contribution in [1.29, 1.82) is 0 Å². The van der Waals surface area contributed by atoms with Crippen LogP contribution in [-0.4, -0.2) is 14.6 Å². The molecule has 0 fully saturated rings. The molecular weight excluding hydrogens is 219 g/mol. The van der Waals surface area contributed by atoms with Gasteiger partial charge in [-0.15, -0.1) is 10.2 Å². The Hall–Kier alpha value is -1.30. The quantitative estimate of drug-likeness (QED) is 0.684. The molecule has 0 aliphatic heterocycles. The average Bonchev–Trinajstić information content (AvgIpc) is 2.50. The Morgan fingerprint density at radius 3 is 2.71 bits per heavy atom. The summed E-state index contributed by atoms with van der Waals surface area (Å²) in [5.74, 6) is 0. The van der Waals surface area contributed by atoms with Crippen molar-refractivity contribution in [3.63, 3.8) is 0 Å². The molecule has 0 aliphatic carbocycles. The van der Waals surface area contributed by atoms with Crippen molar-refractivity contribution in [3.05, 3.63) is 29.2 Å². The molecule has 0 unspecified atom stereocenters.